The van der Waals surface area contributed by atoms with Crippen LogP contribution in [-0.4, -0.2) is 10.2 Å². The van der Waals surface area contributed by atoms with E-state index in [0.717, 1.165) is 20.9 Å². The first-order chi connectivity index (χ1) is 10.2. The number of aromatic hydroxyl groups is 2. The number of hydrogen-bond acceptors (Lipinski definition) is 3. The van der Waals surface area contributed by atoms with Gasteiger partial charge < -0.3 is 10.2 Å². The predicted molar refractivity (Wildman–Crippen MR) is 85.8 cm³/mol. The average Bonchev–Trinajstić information content (AvgIpc) is 2.48. The van der Waals surface area contributed by atoms with Crippen molar-refractivity contribution in [2.45, 2.75) is 9.79 Å². The highest BCUT2D eigenvalue weighted by Crippen LogP contribution is 2.32. The van der Waals surface area contributed by atoms with Gasteiger partial charge in [0.25, 0.3) is 0 Å². The summed E-state index contributed by atoms with van der Waals surface area (Å²) in [7, 11) is 0. The van der Waals surface area contributed by atoms with Gasteiger partial charge in [-0.1, -0.05) is 42.1 Å². The van der Waals surface area contributed by atoms with Crippen molar-refractivity contribution in [3.05, 3.63) is 72.8 Å². The van der Waals surface area contributed by atoms with Crippen LogP contribution in [0, 0.1) is 0 Å². The van der Waals surface area contributed by atoms with E-state index in [-0.39, 0.29) is 11.5 Å². The maximum atomic E-state index is 9.51. The summed E-state index contributed by atoms with van der Waals surface area (Å²) in [4.78, 5) is 2.10. The van der Waals surface area contributed by atoms with Gasteiger partial charge in [0.05, 0.1) is 0 Å². The van der Waals surface area contributed by atoms with Gasteiger partial charge in [-0.15, -0.1) is 0 Å². The molecule has 2 nitrogen and oxygen atoms in total. The Hall–Kier alpha value is -2.39. The summed E-state index contributed by atoms with van der Waals surface area (Å²) in [6.45, 7) is 0. The third kappa shape index (κ3) is 3.38. The lowest BCUT2D eigenvalue weighted by atomic mass is 10.1. The largest absolute Gasteiger partial charge is 0.508 e. The van der Waals surface area contributed by atoms with Crippen LogP contribution in [0.25, 0.3) is 11.1 Å². The number of rotatable bonds is 3. The highest BCUT2D eigenvalue weighted by atomic mass is 32.2. The first kappa shape index (κ1) is 13.6. The molecular weight excluding hydrogens is 280 g/mol. The molecule has 3 heteroatoms. The van der Waals surface area contributed by atoms with Crippen molar-refractivity contribution in [2.24, 2.45) is 0 Å². The van der Waals surface area contributed by atoms with Crippen LogP contribution in [0.5, 0.6) is 11.5 Å². The minimum Gasteiger partial charge on any atom is -0.508 e. The molecule has 0 radical (unpaired) electrons. The number of phenols is 2. The summed E-state index contributed by atoms with van der Waals surface area (Å²) < 4.78 is 0. The van der Waals surface area contributed by atoms with Crippen LogP contribution < -0.4 is 0 Å². The van der Waals surface area contributed by atoms with Crippen molar-refractivity contribution in [1.29, 1.82) is 0 Å². The Morgan fingerprint density at radius 2 is 1.24 bits per heavy atom. The molecule has 3 rings (SSSR count). The van der Waals surface area contributed by atoms with Gasteiger partial charge in [-0.2, -0.15) is 0 Å². The summed E-state index contributed by atoms with van der Waals surface area (Å²) >= 11 is 1.60. The monoisotopic (exact) mass is 294 g/mol. The summed E-state index contributed by atoms with van der Waals surface area (Å²) in [6.07, 6.45) is 0. The molecule has 2 N–H and O–H groups in total. The number of hydrogen-bond donors (Lipinski definition) is 2. The summed E-state index contributed by atoms with van der Waals surface area (Å²) in [5, 5.41) is 18.9. The highest BCUT2D eigenvalue weighted by molar-refractivity contribution is 7.99. The normalized spacial score (nSPS) is 10.5. The van der Waals surface area contributed by atoms with Crippen LogP contribution >= 0.6 is 11.8 Å². The van der Waals surface area contributed by atoms with Gasteiger partial charge in [-0.05, 0) is 53.6 Å². The van der Waals surface area contributed by atoms with E-state index in [4.69, 9.17) is 0 Å². The van der Waals surface area contributed by atoms with Gasteiger partial charge in [-0.3, -0.25) is 0 Å². The summed E-state index contributed by atoms with van der Waals surface area (Å²) in [5.41, 5.74) is 2.16. The fraction of sp³-hybridized carbons (Fsp3) is 0. The van der Waals surface area contributed by atoms with Gasteiger partial charge in [0.2, 0.25) is 0 Å². The third-order valence-electron chi connectivity index (χ3n) is 3.09. The Bertz CT molecular complexity index is 751. The van der Waals surface area contributed by atoms with Gasteiger partial charge in [0, 0.05) is 9.79 Å². The zero-order chi connectivity index (χ0) is 14.7. The van der Waals surface area contributed by atoms with E-state index >= 15 is 0 Å². The molecule has 3 aromatic rings. The molecule has 0 bridgehead atoms. The molecule has 0 heterocycles. The van der Waals surface area contributed by atoms with E-state index in [0.29, 0.717) is 0 Å². The zero-order valence-electron chi connectivity index (χ0n) is 11.2. The van der Waals surface area contributed by atoms with Crippen LogP contribution in [0.4, 0.5) is 0 Å². The van der Waals surface area contributed by atoms with Crippen molar-refractivity contribution >= 4 is 11.8 Å². The molecular formula is C18H14O2S. The molecule has 0 unspecified atom stereocenters. The van der Waals surface area contributed by atoms with E-state index in [1.165, 1.54) is 0 Å². The molecule has 0 atom stereocenters. The van der Waals surface area contributed by atoms with Crippen molar-refractivity contribution in [2.75, 3.05) is 0 Å². The van der Waals surface area contributed by atoms with E-state index in [9.17, 15) is 10.2 Å². The van der Waals surface area contributed by atoms with E-state index in [1.54, 1.807) is 36.0 Å². The molecule has 0 aliphatic carbocycles. The number of benzene rings is 3. The molecule has 3 aromatic carbocycles. The van der Waals surface area contributed by atoms with Gasteiger partial charge >= 0.3 is 0 Å². The van der Waals surface area contributed by atoms with Crippen LogP contribution in [-0.2, 0) is 0 Å². The second-order valence-corrected chi connectivity index (χ2v) is 5.82. The van der Waals surface area contributed by atoms with Gasteiger partial charge in [-0.25, -0.2) is 0 Å². The van der Waals surface area contributed by atoms with Gasteiger partial charge in [0.1, 0.15) is 11.5 Å². The van der Waals surface area contributed by atoms with Crippen LogP contribution in [0.15, 0.2) is 82.6 Å². The molecule has 0 aromatic heterocycles. The molecule has 21 heavy (non-hydrogen) atoms. The van der Waals surface area contributed by atoms with E-state index < -0.39 is 0 Å². The Kier molecular flexibility index (Phi) is 3.84. The molecule has 0 spiro atoms. The molecule has 0 saturated carbocycles. The highest BCUT2D eigenvalue weighted by Gasteiger charge is 2.02. The predicted octanol–water partition coefficient (Wildman–Crippen LogP) is 4.92. The zero-order valence-corrected chi connectivity index (χ0v) is 12.0. The first-order valence-corrected chi connectivity index (χ1v) is 7.39. The third-order valence-corrected chi connectivity index (χ3v) is 4.07. The molecule has 0 aliphatic heterocycles. The maximum absolute atomic E-state index is 9.51. The summed E-state index contributed by atoms with van der Waals surface area (Å²) in [5.74, 6) is 0.540. The van der Waals surface area contributed by atoms with E-state index in [1.807, 2.05) is 42.5 Å². The van der Waals surface area contributed by atoms with Crippen molar-refractivity contribution in [3.8, 4) is 22.6 Å². The Labute approximate surface area is 127 Å². The fourth-order valence-electron chi connectivity index (χ4n) is 2.08. The molecule has 104 valence electrons. The number of phenolic OH excluding ortho intramolecular Hbond substituents is 2. The van der Waals surface area contributed by atoms with Crippen molar-refractivity contribution in [1.82, 2.24) is 0 Å². The molecule has 0 saturated heterocycles. The topological polar surface area (TPSA) is 40.5 Å². The lowest BCUT2D eigenvalue weighted by Gasteiger charge is -2.06. The second kappa shape index (κ2) is 5.94. The standard InChI is InChI=1S/C18H14O2S/c19-15-9-7-13(8-10-15)14-3-1-5-17(11-14)21-18-6-2-4-16(20)12-18/h1-12,19-20H. The minimum atomic E-state index is 0.268. The van der Waals surface area contributed by atoms with Crippen molar-refractivity contribution in [3.63, 3.8) is 0 Å². The fourth-order valence-corrected chi connectivity index (χ4v) is 3.01. The van der Waals surface area contributed by atoms with Crippen LogP contribution in [0.1, 0.15) is 0 Å². The van der Waals surface area contributed by atoms with Gasteiger partial charge in [0.15, 0.2) is 0 Å². The molecule has 0 amide bonds. The van der Waals surface area contributed by atoms with Crippen LogP contribution in [0.2, 0.25) is 0 Å². The lowest BCUT2D eigenvalue weighted by Crippen LogP contribution is -1.79. The Balaban J connectivity index is 1.88. The van der Waals surface area contributed by atoms with Crippen LogP contribution in [0.3, 0.4) is 0 Å². The first-order valence-electron chi connectivity index (χ1n) is 6.57. The van der Waals surface area contributed by atoms with E-state index in [2.05, 4.69) is 6.07 Å². The Morgan fingerprint density at radius 3 is 1.95 bits per heavy atom. The quantitative estimate of drug-likeness (QED) is 0.720. The lowest BCUT2D eigenvalue weighted by molar-refractivity contribution is 0.473. The summed E-state index contributed by atoms with van der Waals surface area (Å²) in [6, 6.07) is 22.6. The molecule has 0 aliphatic rings. The molecule has 0 fully saturated rings. The second-order valence-electron chi connectivity index (χ2n) is 4.67. The smallest absolute Gasteiger partial charge is 0.116 e. The minimum absolute atomic E-state index is 0.268. The SMILES string of the molecule is Oc1ccc(-c2cccc(Sc3cccc(O)c3)c2)cc1. The average molecular weight is 294 g/mol. The maximum Gasteiger partial charge on any atom is 0.116 e. The van der Waals surface area contributed by atoms with Crippen molar-refractivity contribution < 1.29 is 10.2 Å². The Morgan fingerprint density at radius 1 is 0.571 bits per heavy atom.